The topological polar surface area (TPSA) is 58.1 Å². The molecule has 1 N–H and O–H groups in total. The minimum Gasteiger partial charge on any atom is -0.350 e. The Balaban J connectivity index is 1.47. The summed E-state index contributed by atoms with van der Waals surface area (Å²) in [5.74, 6) is 0.431. The molecule has 0 unspecified atom stereocenters. The van der Waals surface area contributed by atoms with Gasteiger partial charge in [-0.05, 0) is 42.7 Å². The van der Waals surface area contributed by atoms with E-state index in [1.165, 1.54) is 5.56 Å². The van der Waals surface area contributed by atoms with Crippen LogP contribution in [0.3, 0.4) is 0 Å². The lowest BCUT2D eigenvalue weighted by Gasteiger charge is -2.42. The van der Waals surface area contributed by atoms with Gasteiger partial charge in [0.05, 0.1) is 5.69 Å². The number of pyridine rings is 2. The van der Waals surface area contributed by atoms with Crippen molar-refractivity contribution in [2.24, 2.45) is 0 Å². The number of rotatable bonds is 3. The number of piperidine rings is 1. The van der Waals surface area contributed by atoms with Crippen molar-refractivity contribution >= 4 is 5.91 Å². The molecule has 2 fully saturated rings. The van der Waals surface area contributed by atoms with Gasteiger partial charge in [-0.3, -0.25) is 19.7 Å². The van der Waals surface area contributed by atoms with E-state index in [0.29, 0.717) is 6.42 Å². The van der Waals surface area contributed by atoms with Crippen LogP contribution in [0.2, 0.25) is 0 Å². The summed E-state index contributed by atoms with van der Waals surface area (Å²) < 4.78 is 0. The smallest absolute Gasteiger partial charge is 0.221 e. The normalized spacial score (nSPS) is 23.3. The summed E-state index contributed by atoms with van der Waals surface area (Å²) in [6.45, 7) is 2.85. The molecule has 4 heterocycles. The second-order valence-electron chi connectivity index (χ2n) is 6.84. The zero-order chi connectivity index (χ0) is 16.4. The van der Waals surface area contributed by atoms with Crippen LogP contribution in [0, 0.1) is 0 Å². The molecule has 124 valence electrons. The molecular weight excluding hydrogens is 300 g/mol. The summed E-state index contributed by atoms with van der Waals surface area (Å²) in [5, 5.41) is 3.30. The first-order valence-electron chi connectivity index (χ1n) is 8.58. The standard InChI is InChI=1S/C19H22N4O/c24-18-13-17(15-4-9-20-10-5-15)19(22-18)6-11-23(12-7-19)14-16-3-1-2-8-21-16/h1-5,8-10,17H,6-7,11-14H2,(H,22,24)/t17-/m0/s1. The van der Waals surface area contributed by atoms with Crippen molar-refractivity contribution in [1.82, 2.24) is 20.2 Å². The highest BCUT2D eigenvalue weighted by Gasteiger charge is 2.48. The van der Waals surface area contributed by atoms with Gasteiger partial charge in [-0.2, -0.15) is 0 Å². The van der Waals surface area contributed by atoms with Crippen molar-refractivity contribution in [1.29, 1.82) is 0 Å². The van der Waals surface area contributed by atoms with Crippen molar-refractivity contribution < 1.29 is 4.79 Å². The third-order valence-electron chi connectivity index (χ3n) is 5.41. The molecule has 2 aromatic rings. The Labute approximate surface area is 142 Å². The average Bonchev–Trinajstić information content (AvgIpc) is 2.95. The fraction of sp³-hybridized carbons (Fsp3) is 0.421. The second kappa shape index (κ2) is 6.32. The van der Waals surface area contributed by atoms with Crippen molar-refractivity contribution in [3.63, 3.8) is 0 Å². The summed E-state index contributed by atoms with van der Waals surface area (Å²) in [7, 11) is 0. The number of carbonyl (C=O) groups is 1. The molecular formula is C19H22N4O. The Morgan fingerprint density at radius 1 is 1.12 bits per heavy atom. The van der Waals surface area contributed by atoms with Crippen LogP contribution in [-0.2, 0) is 11.3 Å². The van der Waals surface area contributed by atoms with E-state index in [9.17, 15) is 4.79 Å². The Kier molecular flexibility index (Phi) is 4.02. The van der Waals surface area contributed by atoms with Crippen LogP contribution in [0.25, 0.3) is 0 Å². The van der Waals surface area contributed by atoms with E-state index in [4.69, 9.17) is 0 Å². The lowest BCUT2D eigenvalue weighted by Crippen LogP contribution is -2.53. The molecule has 24 heavy (non-hydrogen) atoms. The number of hydrogen-bond donors (Lipinski definition) is 1. The number of hydrogen-bond acceptors (Lipinski definition) is 4. The maximum absolute atomic E-state index is 12.1. The quantitative estimate of drug-likeness (QED) is 0.940. The molecule has 0 bridgehead atoms. The van der Waals surface area contributed by atoms with Gasteiger partial charge in [-0.15, -0.1) is 0 Å². The fourth-order valence-corrected chi connectivity index (χ4v) is 4.13. The monoisotopic (exact) mass is 322 g/mol. The maximum atomic E-state index is 12.1. The second-order valence-corrected chi connectivity index (χ2v) is 6.84. The van der Waals surface area contributed by atoms with Crippen LogP contribution in [0.1, 0.15) is 36.4 Å². The summed E-state index contributed by atoms with van der Waals surface area (Å²) >= 11 is 0. The van der Waals surface area contributed by atoms with Crippen molar-refractivity contribution in [3.8, 4) is 0 Å². The Hall–Kier alpha value is -2.27. The molecule has 5 nitrogen and oxygen atoms in total. The molecule has 2 aliphatic heterocycles. The zero-order valence-electron chi connectivity index (χ0n) is 13.7. The van der Waals surface area contributed by atoms with Gasteiger partial charge < -0.3 is 5.32 Å². The highest BCUT2D eigenvalue weighted by molar-refractivity contribution is 5.81. The fourth-order valence-electron chi connectivity index (χ4n) is 4.13. The third kappa shape index (κ3) is 2.91. The molecule has 1 amide bonds. The molecule has 5 heteroatoms. The highest BCUT2D eigenvalue weighted by atomic mass is 16.2. The number of aromatic nitrogens is 2. The first kappa shape index (κ1) is 15.3. The van der Waals surface area contributed by atoms with E-state index < -0.39 is 0 Å². The predicted molar refractivity (Wildman–Crippen MR) is 91.2 cm³/mol. The molecule has 0 radical (unpaired) electrons. The SMILES string of the molecule is O=C1C[C@@H](c2ccncc2)C2(CCN(Cc3ccccn3)CC2)N1. The van der Waals surface area contributed by atoms with Crippen molar-refractivity contribution in [2.45, 2.75) is 37.3 Å². The lowest BCUT2D eigenvalue weighted by atomic mass is 9.74. The largest absolute Gasteiger partial charge is 0.350 e. The van der Waals surface area contributed by atoms with E-state index in [0.717, 1.165) is 38.2 Å². The van der Waals surface area contributed by atoms with E-state index in [2.05, 4.69) is 26.3 Å². The Bertz CT molecular complexity index is 696. The van der Waals surface area contributed by atoms with E-state index >= 15 is 0 Å². The van der Waals surface area contributed by atoms with Gasteiger partial charge in [-0.1, -0.05) is 6.07 Å². The minimum absolute atomic E-state index is 0.0982. The van der Waals surface area contributed by atoms with Crippen LogP contribution in [0.4, 0.5) is 0 Å². The van der Waals surface area contributed by atoms with Gasteiger partial charge in [0.25, 0.3) is 0 Å². The van der Waals surface area contributed by atoms with Crippen LogP contribution >= 0.6 is 0 Å². The molecule has 0 saturated carbocycles. The maximum Gasteiger partial charge on any atom is 0.221 e. The summed E-state index contributed by atoms with van der Waals surface area (Å²) in [6, 6.07) is 10.1. The van der Waals surface area contributed by atoms with Gasteiger partial charge in [0.1, 0.15) is 0 Å². The van der Waals surface area contributed by atoms with E-state index in [1.54, 1.807) is 0 Å². The number of nitrogens with zero attached hydrogens (tertiary/aromatic N) is 3. The van der Waals surface area contributed by atoms with Crippen LogP contribution in [0.5, 0.6) is 0 Å². The highest BCUT2D eigenvalue weighted by Crippen LogP contribution is 2.43. The number of carbonyl (C=O) groups excluding carboxylic acids is 1. The van der Waals surface area contributed by atoms with Gasteiger partial charge in [0, 0.05) is 56.1 Å². The minimum atomic E-state index is -0.0982. The van der Waals surface area contributed by atoms with Gasteiger partial charge in [0.2, 0.25) is 5.91 Å². The number of likely N-dealkylation sites (tertiary alicyclic amines) is 1. The summed E-state index contributed by atoms with van der Waals surface area (Å²) in [4.78, 5) is 23.1. The lowest BCUT2D eigenvalue weighted by molar-refractivity contribution is -0.120. The van der Waals surface area contributed by atoms with E-state index in [-0.39, 0.29) is 17.4 Å². The first-order valence-corrected chi connectivity index (χ1v) is 8.58. The average molecular weight is 322 g/mol. The summed E-state index contributed by atoms with van der Waals surface area (Å²) in [6.07, 6.45) is 8.04. The van der Waals surface area contributed by atoms with Gasteiger partial charge in [0.15, 0.2) is 0 Å². The Morgan fingerprint density at radius 2 is 1.92 bits per heavy atom. The molecule has 1 spiro atoms. The first-order chi connectivity index (χ1) is 11.8. The molecule has 0 aromatic carbocycles. The molecule has 1 atom stereocenters. The van der Waals surface area contributed by atoms with Crippen molar-refractivity contribution in [3.05, 3.63) is 60.2 Å². The zero-order valence-corrected chi connectivity index (χ0v) is 13.7. The number of amides is 1. The van der Waals surface area contributed by atoms with Gasteiger partial charge >= 0.3 is 0 Å². The van der Waals surface area contributed by atoms with Crippen LogP contribution in [-0.4, -0.2) is 39.4 Å². The van der Waals surface area contributed by atoms with E-state index in [1.807, 2.05) is 42.9 Å². The van der Waals surface area contributed by atoms with Crippen LogP contribution in [0.15, 0.2) is 48.9 Å². The van der Waals surface area contributed by atoms with Crippen molar-refractivity contribution in [2.75, 3.05) is 13.1 Å². The van der Waals surface area contributed by atoms with Crippen LogP contribution < -0.4 is 5.32 Å². The molecule has 2 aliphatic rings. The third-order valence-corrected chi connectivity index (χ3v) is 5.41. The van der Waals surface area contributed by atoms with Gasteiger partial charge in [-0.25, -0.2) is 0 Å². The molecule has 2 aromatic heterocycles. The predicted octanol–water partition coefficient (Wildman–Crippen LogP) is 2.11. The Morgan fingerprint density at radius 3 is 2.62 bits per heavy atom. The molecule has 0 aliphatic carbocycles. The number of nitrogens with one attached hydrogen (secondary N) is 1. The molecule has 2 saturated heterocycles. The molecule has 4 rings (SSSR count). The summed E-state index contributed by atoms with van der Waals surface area (Å²) in [5.41, 5.74) is 2.23.